The maximum Gasteiger partial charge on any atom is 0.280 e. The Morgan fingerprint density at radius 1 is 1.17 bits per heavy atom. The van der Waals surface area contributed by atoms with Gasteiger partial charge in [-0.15, -0.1) is 16.4 Å². The van der Waals surface area contributed by atoms with Crippen molar-refractivity contribution in [3.05, 3.63) is 63.3 Å². The van der Waals surface area contributed by atoms with Crippen molar-refractivity contribution in [3.63, 3.8) is 0 Å². The van der Waals surface area contributed by atoms with Gasteiger partial charge in [0.25, 0.3) is 5.91 Å². The Balaban J connectivity index is 1.78. The third-order valence-corrected chi connectivity index (χ3v) is 6.62. The topological polar surface area (TPSA) is 75.2 Å². The zero-order valence-electron chi connectivity index (χ0n) is 16.1. The Hall–Kier alpha value is -2.58. The van der Waals surface area contributed by atoms with Gasteiger partial charge >= 0.3 is 0 Å². The number of anilines is 1. The highest BCUT2D eigenvalue weighted by molar-refractivity contribution is 7.10. The van der Waals surface area contributed by atoms with Gasteiger partial charge in [-0.2, -0.15) is 0 Å². The summed E-state index contributed by atoms with van der Waals surface area (Å²) in [5.41, 5.74) is 1.86. The maximum absolute atomic E-state index is 13.5. The van der Waals surface area contributed by atoms with Crippen LogP contribution >= 0.6 is 22.9 Å². The zero-order valence-corrected chi connectivity index (χ0v) is 17.7. The number of hydrogen-bond donors (Lipinski definition) is 1. The van der Waals surface area contributed by atoms with Gasteiger partial charge in [0, 0.05) is 22.0 Å². The van der Waals surface area contributed by atoms with Gasteiger partial charge in [0.1, 0.15) is 0 Å². The molecule has 8 heteroatoms. The minimum atomic E-state index is -0.758. The quantitative estimate of drug-likeness (QED) is 0.636. The number of carbonyl (C=O) groups is 2. The first-order chi connectivity index (χ1) is 14.1. The van der Waals surface area contributed by atoms with Crippen molar-refractivity contribution in [2.75, 3.05) is 4.90 Å². The van der Waals surface area contributed by atoms with E-state index < -0.39 is 6.04 Å². The van der Waals surface area contributed by atoms with Gasteiger partial charge in [-0.3, -0.25) is 14.5 Å². The summed E-state index contributed by atoms with van der Waals surface area (Å²) in [6, 6.07) is 10.8. The first-order valence-electron chi connectivity index (χ1n) is 9.65. The molecule has 0 aliphatic heterocycles. The molecule has 2 amide bonds. The SMILES string of the molecule is Cc1ccccc1N(C(=O)c1csnn1)[C@H](C(=O)NC1CCCC1)c1cccs1. The van der Waals surface area contributed by atoms with E-state index >= 15 is 0 Å². The lowest BCUT2D eigenvalue weighted by molar-refractivity contribution is -0.123. The monoisotopic (exact) mass is 426 g/mol. The first-order valence-corrected chi connectivity index (χ1v) is 11.4. The van der Waals surface area contributed by atoms with Crippen LogP contribution < -0.4 is 10.2 Å². The van der Waals surface area contributed by atoms with E-state index in [4.69, 9.17) is 0 Å². The normalized spacial score (nSPS) is 15.2. The van der Waals surface area contributed by atoms with Crippen LogP contribution in [0.25, 0.3) is 0 Å². The van der Waals surface area contributed by atoms with Crippen molar-refractivity contribution < 1.29 is 9.59 Å². The Kier molecular flexibility index (Phi) is 6.01. The molecule has 1 N–H and O–H groups in total. The molecule has 4 rings (SSSR count). The lowest BCUT2D eigenvalue weighted by atomic mass is 10.1. The Labute approximate surface area is 177 Å². The standard InChI is InChI=1S/C21H22N4O2S2/c1-14-7-2-5-10-17(14)25(21(27)16-13-29-24-23-16)19(18-11-6-12-28-18)20(26)22-15-8-3-4-9-15/h2,5-7,10-13,15,19H,3-4,8-9H2,1H3,(H,22,26)/t19-/m0/s1. The van der Waals surface area contributed by atoms with Gasteiger partial charge in [0.15, 0.2) is 11.7 Å². The van der Waals surface area contributed by atoms with Gasteiger partial charge < -0.3 is 5.32 Å². The summed E-state index contributed by atoms with van der Waals surface area (Å²) in [7, 11) is 0. The van der Waals surface area contributed by atoms with E-state index in [-0.39, 0.29) is 23.6 Å². The fourth-order valence-corrected chi connectivity index (χ4v) is 4.99. The molecule has 29 heavy (non-hydrogen) atoms. The highest BCUT2D eigenvalue weighted by Crippen LogP contribution is 2.34. The lowest BCUT2D eigenvalue weighted by Crippen LogP contribution is -2.46. The summed E-state index contributed by atoms with van der Waals surface area (Å²) in [6.45, 7) is 1.94. The van der Waals surface area contributed by atoms with E-state index in [2.05, 4.69) is 14.9 Å². The number of carbonyl (C=O) groups excluding carboxylic acids is 2. The van der Waals surface area contributed by atoms with Crippen LogP contribution in [0.5, 0.6) is 0 Å². The van der Waals surface area contributed by atoms with Gasteiger partial charge in [-0.1, -0.05) is 41.6 Å². The van der Waals surface area contributed by atoms with Crippen molar-refractivity contribution in [2.24, 2.45) is 0 Å². The molecule has 3 aromatic rings. The Bertz CT molecular complexity index is 967. The van der Waals surface area contributed by atoms with Crippen LogP contribution in [0, 0.1) is 6.92 Å². The van der Waals surface area contributed by atoms with Crippen LogP contribution in [-0.2, 0) is 4.79 Å². The molecule has 1 fully saturated rings. The third kappa shape index (κ3) is 4.23. The number of aryl methyl sites for hydroxylation is 1. The van der Waals surface area contributed by atoms with Crippen LogP contribution in [0.4, 0.5) is 5.69 Å². The van der Waals surface area contributed by atoms with Crippen LogP contribution in [0.1, 0.15) is 52.7 Å². The number of benzene rings is 1. The van der Waals surface area contributed by atoms with Gasteiger partial charge in [-0.25, -0.2) is 0 Å². The molecule has 1 atom stereocenters. The Morgan fingerprint density at radius 3 is 2.62 bits per heavy atom. The molecular weight excluding hydrogens is 404 g/mol. The zero-order chi connectivity index (χ0) is 20.2. The number of aromatic nitrogens is 2. The molecule has 150 valence electrons. The van der Waals surface area contributed by atoms with Crippen LogP contribution in [0.15, 0.2) is 47.2 Å². The van der Waals surface area contributed by atoms with Gasteiger partial charge in [0.2, 0.25) is 5.91 Å². The number of nitrogens with one attached hydrogen (secondary N) is 1. The lowest BCUT2D eigenvalue weighted by Gasteiger charge is -2.32. The molecule has 0 unspecified atom stereocenters. The van der Waals surface area contributed by atoms with Crippen molar-refractivity contribution in [3.8, 4) is 0 Å². The molecular formula is C21H22N4O2S2. The second kappa shape index (κ2) is 8.84. The van der Waals surface area contributed by atoms with Crippen molar-refractivity contribution in [1.82, 2.24) is 14.9 Å². The average Bonchev–Trinajstić information content (AvgIpc) is 3.49. The molecule has 0 radical (unpaired) electrons. The second-order valence-electron chi connectivity index (χ2n) is 7.16. The summed E-state index contributed by atoms with van der Waals surface area (Å²) in [4.78, 5) is 29.3. The minimum absolute atomic E-state index is 0.154. The summed E-state index contributed by atoms with van der Waals surface area (Å²) in [5, 5.41) is 10.7. The highest BCUT2D eigenvalue weighted by atomic mass is 32.1. The molecule has 2 aromatic heterocycles. The fraction of sp³-hybridized carbons (Fsp3) is 0.333. The van der Waals surface area contributed by atoms with Crippen molar-refractivity contribution in [1.29, 1.82) is 0 Å². The third-order valence-electron chi connectivity index (χ3n) is 5.19. The average molecular weight is 427 g/mol. The summed E-state index contributed by atoms with van der Waals surface area (Å²) < 4.78 is 3.84. The summed E-state index contributed by atoms with van der Waals surface area (Å²) in [6.07, 6.45) is 4.22. The molecule has 0 bridgehead atoms. The van der Waals surface area contributed by atoms with Gasteiger partial charge in [0.05, 0.1) is 0 Å². The molecule has 2 heterocycles. The second-order valence-corrected chi connectivity index (χ2v) is 8.75. The number of para-hydroxylation sites is 1. The smallest absolute Gasteiger partial charge is 0.280 e. The summed E-state index contributed by atoms with van der Waals surface area (Å²) in [5.74, 6) is -0.479. The van der Waals surface area contributed by atoms with Crippen LogP contribution in [-0.4, -0.2) is 27.4 Å². The molecule has 0 saturated heterocycles. The minimum Gasteiger partial charge on any atom is -0.351 e. The molecule has 1 saturated carbocycles. The summed E-state index contributed by atoms with van der Waals surface area (Å²) >= 11 is 2.59. The highest BCUT2D eigenvalue weighted by Gasteiger charge is 2.36. The van der Waals surface area contributed by atoms with E-state index in [0.717, 1.165) is 47.7 Å². The number of rotatable bonds is 6. The predicted octanol–water partition coefficient (Wildman–Crippen LogP) is 4.35. The van der Waals surface area contributed by atoms with Crippen molar-refractivity contribution >= 4 is 40.4 Å². The maximum atomic E-state index is 13.5. The number of hydrogen-bond acceptors (Lipinski definition) is 6. The van der Waals surface area contributed by atoms with E-state index in [1.165, 1.54) is 11.3 Å². The molecule has 0 spiro atoms. The number of amides is 2. The Morgan fingerprint density at radius 2 is 1.97 bits per heavy atom. The van der Waals surface area contributed by atoms with Gasteiger partial charge in [-0.05, 0) is 54.4 Å². The largest absolute Gasteiger partial charge is 0.351 e. The van der Waals surface area contributed by atoms with E-state index in [9.17, 15) is 9.59 Å². The van der Waals surface area contributed by atoms with E-state index in [1.54, 1.807) is 10.3 Å². The molecule has 1 aromatic carbocycles. The van der Waals surface area contributed by atoms with E-state index in [0.29, 0.717) is 5.69 Å². The molecule has 1 aliphatic rings. The van der Waals surface area contributed by atoms with E-state index in [1.807, 2.05) is 48.7 Å². The fourth-order valence-electron chi connectivity index (χ4n) is 3.75. The van der Waals surface area contributed by atoms with Crippen molar-refractivity contribution in [2.45, 2.75) is 44.7 Å². The molecule has 1 aliphatic carbocycles. The molecule has 6 nitrogen and oxygen atoms in total. The number of thiophene rings is 1. The first kappa shape index (κ1) is 19.7. The number of nitrogens with zero attached hydrogens (tertiary/aromatic N) is 3. The van der Waals surface area contributed by atoms with Crippen LogP contribution in [0.2, 0.25) is 0 Å². The predicted molar refractivity (Wildman–Crippen MR) is 115 cm³/mol. The van der Waals surface area contributed by atoms with Crippen LogP contribution in [0.3, 0.4) is 0 Å².